The standard InChI is InChI=1S/C14H20BrNO2/c1-17-13-5-7-16(8-6-13)9-10-18-14-4-2-3-12(15)11-14/h2-4,11,13H,5-10H2,1H3. The van der Waals surface area contributed by atoms with E-state index < -0.39 is 0 Å². The number of ether oxygens (including phenoxy) is 2. The lowest BCUT2D eigenvalue weighted by molar-refractivity contribution is 0.0375. The quantitative estimate of drug-likeness (QED) is 0.834. The van der Waals surface area contributed by atoms with Crippen LogP contribution < -0.4 is 4.74 Å². The van der Waals surface area contributed by atoms with Crippen molar-refractivity contribution in [1.82, 2.24) is 4.90 Å². The highest BCUT2D eigenvalue weighted by Crippen LogP contribution is 2.18. The van der Waals surface area contributed by atoms with Crippen LogP contribution in [-0.4, -0.2) is 44.4 Å². The zero-order valence-electron chi connectivity index (χ0n) is 10.8. The molecule has 0 atom stereocenters. The number of halogens is 1. The molecule has 0 unspecified atom stereocenters. The monoisotopic (exact) mass is 313 g/mol. The van der Waals surface area contributed by atoms with Gasteiger partial charge >= 0.3 is 0 Å². The Balaban J connectivity index is 1.67. The van der Waals surface area contributed by atoms with Crippen molar-refractivity contribution >= 4 is 15.9 Å². The van der Waals surface area contributed by atoms with Gasteiger partial charge in [0.05, 0.1) is 6.10 Å². The summed E-state index contributed by atoms with van der Waals surface area (Å²) >= 11 is 3.44. The van der Waals surface area contributed by atoms with Gasteiger partial charge in [0.2, 0.25) is 0 Å². The number of likely N-dealkylation sites (tertiary alicyclic amines) is 1. The second-order valence-electron chi connectivity index (χ2n) is 4.58. The van der Waals surface area contributed by atoms with Gasteiger partial charge in [0, 0.05) is 31.2 Å². The maximum absolute atomic E-state index is 5.74. The smallest absolute Gasteiger partial charge is 0.120 e. The average Bonchev–Trinajstić information content (AvgIpc) is 2.40. The van der Waals surface area contributed by atoms with Crippen molar-refractivity contribution in [3.8, 4) is 5.75 Å². The van der Waals surface area contributed by atoms with Crippen molar-refractivity contribution in [1.29, 1.82) is 0 Å². The predicted molar refractivity (Wildman–Crippen MR) is 76.1 cm³/mol. The van der Waals surface area contributed by atoms with Crippen LogP contribution in [0.3, 0.4) is 0 Å². The number of hydrogen-bond donors (Lipinski definition) is 0. The Bertz CT molecular complexity index is 365. The van der Waals surface area contributed by atoms with Crippen LogP contribution in [0.4, 0.5) is 0 Å². The minimum absolute atomic E-state index is 0.451. The van der Waals surface area contributed by atoms with Crippen molar-refractivity contribution < 1.29 is 9.47 Å². The number of hydrogen-bond acceptors (Lipinski definition) is 3. The third-order valence-corrected chi connectivity index (χ3v) is 3.83. The third-order valence-electron chi connectivity index (χ3n) is 3.34. The molecule has 0 aromatic heterocycles. The second kappa shape index (κ2) is 7.12. The highest BCUT2D eigenvalue weighted by Gasteiger charge is 2.18. The molecule has 1 heterocycles. The highest BCUT2D eigenvalue weighted by atomic mass is 79.9. The van der Waals surface area contributed by atoms with Crippen LogP contribution in [0.1, 0.15) is 12.8 Å². The largest absolute Gasteiger partial charge is 0.492 e. The Morgan fingerprint density at radius 1 is 1.33 bits per heavy atom. The van der Waals surface area contributed by atoms with Crippen molar-refractivity contribution in [2.75, 3.05) is 33.4 Å². The van der Waals surface area contributed by atoms with Gasteiger partial charge in [-0.3, -0.25) is 4.90 Å². The van der Waals surface area contributed by atoms with Gasteiger partial charge in [-0.05, 0) is 31.0 Å². The normalized spacial score (nSPS) is 17.9. The van der Waals surface area contributed by atoms with Crippen LogP contribution in [0, 0.1) is 0 Å². The molecule has 1 fully saturated rings. The molecule has 3 nitrogen and oxygen atoms in total. The highest BCUT2D eigenvalue weighted by molar-refractivity contribution is 9.10. The first-order chi connectivity index (χ1) is 8.78. The molecule has 18 heavy (non-hydrogen) atoms. The van der Waals surface area contributed by atoms with E-state index in [1.807, 2.05) is 24.3 Å². The van der Waals surface area contributed by atoms with Gasteiger partial charge in [0.15, 0.2) is 0 Å². The first-order valence-corrected chi connectivity index (χ1v) is 7.21. The summed E-state index contributed by atoms with van der Waals surface area (Å²) in [5, 5.41) is 0. The summed E-state index contributed by atoms with van der Waals surface area (Å²) in [5.41, 5.74) is 0. The van der Waals surface area contributed by atoms with Crippen LogP contribution in [0.2, 0.25) is 0 Å². The Hall–Kier alpha value is -0.580. The first kappa shape index (κ1) is 13.8. The van der Waals surface area contributed by atoms with Gasteiger partial charge < -0.3 is 9.47 Å². The van der Waals surface area contributed by atoms with Crippen LogP contribution >= 0.6 is 15.9 Å². The number of methoxy groups -OCH3 is 1. The topological polar surface area (TPSA) is 21.7 Å². The Kier molecular flexibility index (Phi) is 5.47. The van der Waals surface area contributed by atoms with Crippen LogP contribution in [0.25, 0.3) is 0 Å². The summed E-state index contributed by atoms with van der Waals surface area (Å²) in [7, 11) is 1.80. The Labute approximate surface area is 117 Å². The van der Waals surface area contributed by atoms with E-state index in [0.29, 0.717) is 6.10 Å². The van der Waals surface area contributed by atoms with Gasteiger partial charge in [-0.2, -0.15) is 0 Å². The molecule has 4 heteroatoms. The summed E-state index contributed by atoms with van der Waals surface area (Å²) in [6.07, 6.45) is 2.72. The molecule has 1 aromatic carbocycles. The van der Waals surface area contributed by atoms with Gasteiger partial charge in [-0.25, -0.2) is 0 Å². The fourth-order valence-corrected chi connectivity index (χ4v) is 2.60. The molecule has 0 bridgehead atoms. The summed E-state index contributed by atoms with van der Waals surface area (Å²) in [4.78, 5) is 2.44. The van der Waals surface area contributed by atoms with Gasteiger partial charge in [0.25, 0.3) is 0 Å². The minimum atomic E-state index is 0.451. The molecule has 1 aromatic rings. The maximum atomic E-state index is 5.74. The maximum Gasteiger partial charge on any atom is 0.120 e. The molecule has 100 valence electrons. The summed E-state index contributed by atoms with van der Waals surface area (Å²) in [6, 6.07) is 7.98. The fourth-order valence-electron chi connectivity index (χ4n) is 2.22. The summed E-state index contributed by atoms with van der Waals surface area (Å²) < 4.78 is 12.2. The molecule has 0 spiro atoms. The molecule has 1 aliphatic rings. The zero-order valence-corrected chi connectivity index (χ0v) is 12.4. The van der Waals surface area contributed by atoms with Crippen molar-refractivity contribution in [2.45, 2.75) is 18.9 Å². The Morgan fingerprint density at radius 2 is 2.11 bits per heavy atom. The van der Waals surface area contributed by atoms with E-state index in [1.54, 1.807) is 7.11 Å². The van der Waals surface area contributed by atoms with Crippen molar-refractivity contribution in [3.05, 3.63) is 28.7 Å². The van der Waals surface area contributed by atoms with E-state index in [0.717, 1.165) is 49.3 Å². The van der Waals surface area contributed by atoms with E-state index in [9.17, 15) is 0 Å². The number of rotatable bonds is 5. The molecule has 0 radical (unpaired) electrons. The Morgan fingerprint density at radius 3 is 2.78 bits per heavy atom. The van der Waals surface area contributed by atoms with E-state index in [1.165, 1.54) is 0 Å². The number of benzene rings is 1. The fraction of sp³-hybridized carbons (Fsp3) is 0.571. The lowest BCUT2D eigenvalue weighted by Crippen LogP contribution is -2.38. The summed E-state index contributed by atoms with van der Waals surface area (Å²) in [5.74, 6) is 0.927. The summed E-state index contributed by atoms with van der Waals surface area (Å²) in [6.45, 7) is 3.96. The van der Waals surface area contributed by atoms with Crippen LogP contribution in [0.15, 0.2) is 28.7 Å². The number of piperidine rings is 1. The van der Waals surface area contributed by atoms with Gasteiger partial charge in [0.1, 0.15) is 12.4 Å². The SMILES string of the molecule is COC1CCN(CCOc2cccc(Br)c2)CC1. The van der Waals surface area contributed by atoms with Gasteiger partial charge in [-0.1, -0.05) is 22.0 Å². The molecule has 1 aliphatic heterocycles. The molecule has 2 rings (SSSR count). The van der Waals surface area contributed by atoms with Crippen LogP contribution in [-0.2, 0) is 4.74 Å². The molecule has 0 amide bonds. The van der Waals surface area contributed by atoms with E-state index in [2.05, 4.69) is 20.8 Å². The molecular weight excluding hydrogens is 294 g/mol. The molecular formula is C14H20BrNO2. The van der Waals surface area contributed by atoms with E-state index in [-0.39, 0.29) is 0 Å². The molecule has 0 aliphatic carbocycles. The number of nitrogens with zero attached hydrogens (tertiary/aromatic N) is 1. The molecule has 0 N–H and O–H groups in total. The third kappa shape index (κ3) is 4.26. The van der Waals surface area contributed by atoms with Crippen molar-refractivity contribution in [3.63, 3.8) is 0 Å². The van der Waals surface area contributed by atoms with Crippen molar-refractivity contribution in [2.24, 2.45) is 0 Å². The lowest BCUT2D eigenvalue weighted by Gasteiger charge is -2.30. The first-order valence-electron chi connectivity index (χ1n) is 6.41. The van der Waals surface area contributed by atoms with E-state index in [4.69, 9.17) is 9.47 Å². The van der Waals surface area contributed by atoms with Gasteiger partial charge in [-0.15, -0.1) is 0 Å². The average molecular weight is 314 g/mol. The second-order valence-corrected chi connectivity index (χ2v) is 5.50. The lowest BCUT2D eigenvalue weighted by atomic mass is 10.1. The van der Waals surface area contributed by atoms with Crippen LogP contribution in [0.5, 0.6) is 5.75 Å². The van der Waals surface area contributed by atoms with E-state index >= 15 is 0 Å². The predicted octanol–water partition coefficient (Wildman–Crippen LogP) is 2.94. The molecule has 0 saturated carbocycles. The molecule has 1 saturated heterocycles. The zero-order chi connectivity index (χ0) is 12.8. The minimum Gasteiger partial charge on any atom is -0.492 e.